The van der Waals surface area contributed by atoms with Crippen LogP contribution >= 0.6 is 0 Å². The second-order valence-electron chi connectivity index (χ2n) is 5.54. The van der Waals surface area contributed by atoms with Gasteiger partial charge in [-0.2, -0.15) is 0 Å². The molecule has 1 aliphatic heterocycles. The number of para-hydroxylation sites is 1. The van der Waals surface area contributed by atoms with Gasteiger partial charge in [0.15, 0.2) is 0 Å². The number of amides is 1. The summed E-state index contributed by atoms with van der Waals surface area (Å²) in [4.78, 5) is 14.6. The van der Waals surface area contributed by atoms with Gasteiger partial charge in [-0.1, -0.05) is 30.3 Å². The first-order valence-electron chi connectivity index (χ1n) is 7.70. The molecule has 4 heteroatoms. The van der Waals surface area contributed by atoms with Gasteiger partial charge in [-0.3, -0.25) is 9.69 Å². The van der Waals surface area contributed by atoms with Crippen LogP contribution in [0.5, 0.6) is 0 Å². The number of carbonyl (C=O) groups excluding carboxylic acids is 1. The lowest BCUT2D eigenvalue weighted by Gasteiger charge is -2.27. The highest BCUT2D eigenvalue weighted by molar-refractivity contribution is 6.04. The maximum absolute atomic E-state index is 12.2. The molecule has 1 saturated heterocycles. The van der Waals surface area contributed by atoms with E-state index in [2.05, 4.69) is 15.5 Å². The summed E-state index contributed by atoms with van der Waals surface area (Å²) in [6, 6.07) is 17.4. The summed E-state index contributed by atoms with van der Waals surface area (Å²) in [6.07, 6.45) is 0. The van der Waals surface area contributed by atoms with Crippen LogP contribution in [0, 0.1) is 0 Å². The molecule has 114 valence electrons. The Balaban J connectivity index is 1.59. The summed E-state index contributed by atoms with van der Waals surface area (Å²) in [7, 11) is 0. The fourth-order valence-electron chi connectivity index (χ4n) is 2.61. The molecule has 2 N–H and O–H groups in total. The number of nitrogens with zero attached hydrogens (tertiary/aromatic N) is 1. The standard InChI is InChI=1S/C18H21N3O/c22-18(20-17-4-2-1-3-5-17)16-8-6-15(7-9-16)14-21-12-10-19-11-13-21/h1-9,19H,10-14H2,(H,20,22). The molecule has 22 heavy (non-hydrogen) atoms. The third kappa shape index (κ3) is 3.93. The molecule has 0 aliphatic carbocycles. The number of piperazine rings is 1. The highest BCUT2D eigenvalue weighted by Gasteiger charge is 2.10. The van der Waals surface area contributed by atoms with Gasteiger partial charge in [0, 0.05) is 44.0 Å². The minimum Gasteiger partial charge on any atom is -0.322 e. The van der Waals surface area contributed by atoms with Crippen LogP contribution in [0.15, 0.2) is 54.6 Å². The molecule has 0 atom stereocenters. The maximum atomic E-state index is 12.2. The van der Waals surface area contributed by atoms with E-state index in [9.17, 15) is 4.79 Å². The first-order valence-corrected chi connectivity index (χ1v) is 7.70. The summed E-state index contributed by atoms with van der Waals surface area (Å²) in [5.74, 6) is -0.0695. The van der Waals surface area contributed by atoms with Crippen molar-refractivity contribution in [3.63, 3.8) is 0 Å². The van der Waals surface area contributed by atoms with Gasteiger partial charge in [-0.15, -0.1) is 0 Å². The van der Waals surface area contributed by atoms with Gasteiger partial charge in [-0.25, -0.2) is 0 Å². The van der Waals surface area contributed by atoms with Gasteiger partial charge in [-0.05, 0) is 29.8 Å². The van der Waals surface area contributed by atoms with Crippen LogP contribution in [0.25, 0.3) is 0 Å². The molecule has 0 radical (unpaired) electrons. The lowest BCUT2D eigenvalue weighted by molar-refractivity contribution is 0.102. The number of carbonyl (C=O) groups is 1. The molecule has 0 spiro atoms. The maximum Gasteiger partial charge on any atom is 0.255 e. The molecule has 1 heterocycles. The van der Waals surface area contributed by atoms with E-state index < -0.39 is 0 Å². The number of rotatable bonds is 4. The highest BCUT2D eigenvalue weighted by Crippen LogP contribution is 2.11. The van der Waals surface area contributed by atoms with Crippen LogP contribution < -0.4 is 10.6 Å². The van der Waals surface area contributed by atoms with E-state index in [0.717, 1.165) is 38.4 Å². The molecule has 0 aromatic heterocycles. The fraction of sp³-hybridized carbons (Fsp3) is 0.278. The number of nitrogens with one attached hydrogen (secondary N) is 2. The minimum atomic E-state index is -0.0695. The van der Waals surface area contributed by atoms with Crippen LogP contribution in [-0.2, 0) is 6.54 Å². The zero-order chi connectivity index (χ0) is 15.2. The Bertz CT molecular complexity index is 604. The molecule has 3 rings (SSSR count). The average molecular weight is 295 g/mol. The number of hydrogen-bond acceptors (Lipinski definition) is 3. The predicted octanol–water partition coefficient (Wildman–Crippen LogP) is 2.34. The van der Waals surface area contributed by atoms with Crippen molar-refractivity contribution in [3.05, 3.63) is 65.7 Å². The van der Waals surface area contributed by atoms with E-state index in [4.69, 9.17) is 0 Å². The lowest BCUT2D eigenvalue weighted by atomic mass is 10.1. The number of hydrogen-bond donors (Lipinski definition) is 2. The molecule has 4 nitrogen and oxygen atoms in total. The van der Waals surface area contributed by atoms with E-state index in [1.165, 1.54) is 5.56 Å². The molecule has 0 bridgehead atoms. The lowest BCUT2D eigenvalue weighted by Crippen LogP contribution is -2.42. The first kappa shape index (κ1) is 14.8. The Morgan fingerprint density at radius 3 is 2.36 bits per heavy atom. The van der Waals surface area contributed by atoms with Crippen molar-refractivity contribution in [1.29, 1.82) is 0 Å². The van der Waals surface area contributed by atoms with E-state index in [1.807, 2.05) is 54.6 Å². The monoisotopic (exact) mass is 295 g/mol. The van der Waals surface area contributed by atoms with Gasteiger partial charge in [0.05, 0.1) is 0 Å². The molecule has 0 unspecified atom stereocenters. The normalized spacial score (nSPS) is 15.5. The van der Waals surface area contributed by atoms with Gasteiger partial charge in [0.25, 0.3) is 5.91 Å². The summed E-state index contributed by atoms with van der Waals surface area (Å²) in [6.45, 7) is 5.21. The molecular formula is C18H21N3O. The predicted molar refractivity (Wildman–Crippen MR) is 89.0 cm³/mol. The minimum absolute atomic E-state index is 0.0695. The van der Waals surface area contributed by atoms with Gasteiger partial charge in [0.2, 0.25) is 0 Å². The van der Waals surface area contributed by atoms with Crippen LogP contribution in [0.1, 0.15) is 15.9 Å². The largest absolute Gasteiger partial charge is 0.322 e. The quantitative estimate of drug-likeness (QED) is 0.910. The van der Waals surface area contributed by atoms with Crippen LogP contribution in [0.2, 0.25) is 0 Å². The Morgan fingerprint density at radius 2 is 1.68 bits per heavy atom. The molecule has 1 fully saturated rings. The molecular weight excluding hydrogens is 274 g/mol. The first-order chi connectivity index (χ1) is 10.8. The zero-order valence-electron chi connectivity index (χ0n) is 12.6. The van der Waals surface area contributed by atoms with Crippen molar-refractivity contribution in [2.75, 3.05) is 31.5 Å². The van der Waals surface area contributed by atoms with Crippen molar-refractivity contribution in [3.8, 4) is 0 Å². The Labute approximate surface area is 131 Å². The second-order valence-corrected chi connectivity index (χ2v) is 5.54. The van der Waals surface area contributed by atoms with E-state index in [1.54, 1.807) is 0 Å². The third-order valence-corrected chi connectivity index (χ3v) is 3.86. The molecule has 2 aromatic carbocycles. The van der Waals surface area contributed by atoms with Crippen molar-refractivity contribution in [2.24, 2.45) is 0 Å². The van der Waals surface area contributed by atoms with Crippen molar-refractivity contribution in [2.45, 2.75) is 6.54 Å². The molecule has 1 amide bonds. The van der Waals surface area contributed by atoms with Crippen molar-refractivity contribution >= 4 is 11.6 Å². The van der Waals surface area contributed by atoms with E-state index in [-0.39, 0.29) is 5.91 Å². The number of anilines is 1. The van der Waals surface area contributed by atoms with Crippen molar-refractivity contribution < 1.29 is 4.79 Å². The second kappa shape index (κ2) is 7.20. The molecule has 1 aliphatic rings. The highest BCUT2D eigenvalue weighted by atomic mass is 16.1. The third-order valence-electron chi connectivity index (χ3n) is 3.86. The van der Waals surface area contributed by atoms with Crippen LogP contribution in [-0.4, -0.2) is 37.0 Å². The zero-order valence-corrected chi connectivity index (χ0v) is 12.6. The van der Waals surface area contributed by atoms with Gasteiger partial charge < -0.3 is 10.6 Å². The van der Waals surface area contributed by atoms with Crippen molar-refractivity contribution in [1.82, 2.24) is 10.2 Å². The van der Waals surface area contributed by atoms with Gasteiger partial charge >= 0.3 is 0 Å². The Morgan fingerprint density at radius 1 is 1.00 bits per heavy atom. The Hall–Kier alpha value is -2.17. The summed E-state index contributed by atoms with van der Waals surface area (Å²) >= 11 is 0. The number of benzene rings is 2. The average Bonchev–Trinajstić information content (AvgIpc) is 2.57. The van der Waals surface area contributed by atoms with E-state index in [0.29, 0.717) is 5.56 Å². The summed E-state index contributed by atoms with van der Waals surface area (Å²) < 4.78 is 0. The summed E-state index contributed by atoms with van der Waals surface area (Å²) in [5, 5.41) is 6.25. The van der Waals surface area contributed by atoms with E-state index >= 15 is 0 Å². The molecule has 0 saturated carbocycles. The summed E-state index contributed by atoms with van der Waals surface area (Å²) in [5.41, 5.74) is 2.75. The topological polar surface area (TPSA) is 44.4 Å². The SMILES string of the molecule is O=C(Nc1ccccc1)c1ccc(CN2CCNCC2)cc1. The van der Waals surface area contributed by atoms with Crippen LogP contribution in [0.4, 0.5) is 5.69 Å². The fourth-order valence-corrected chi connectivity index (χ4v) is 2.61. The molecule has 2 aromatic rings. The van der Waals surface area contributed by atoms with Gasteiger partial charge in [0.1, 0.15) is 0 Å². The Kier molecular flexibility index (Phi) is 4.83. The smallest absolute Gasteiger partial charge is 0.255 e. The van der Waals surface area contributed by atoms with Crippen LogP contribution in [0.3, 0.4) is 0 Å².